The smallest absolute Gasteiger partial charge is 0.310 e. The van der Waals surface area contributed by atoms with Gasteiger partial charge in [0.1, 0.15) is 0 Å². The van der Waals surface area contributed by atoms with Crippen LogP contribution in [0.15, 0.2) is 42.1 Å². The van der Waals surface area contributed by atoms with Crippen LogP contribution in [0, 0.1) is 5.92 Å². The molecule has 1 rings (SSSR count). The van der Waals surface area contributed by atoms with Crippen LogP contribution in [-0.2, 0) is 4.79 Å². The summed E-state index contributed by atoms with van der Waals surface area (Å²) in [6.45, 7) is 5.60. The third kappa shape index (κ3) is 6.51. The molecule has 4 nitrogen and oxygen atoms in total. The number of amides is 1. The van der Waals surface area contributed by atoms with Crippen LogP contribution in [0.25, 0.3) is 6.08 Å². The second-order valence-corrected chi connectivity index (χ2v) is 5.50. The van der Waals surface area contributed by atoms with E-state index in [4.69, 9.17) is 5.11 Å². The number of carbonyl (C=O) groups excluding carboxylic acids is 1. The number of carboxylic acids is 1. The van der Waals surface area contributed by atoms with Crippen molar-refractivity contribution in [2.45, 2.75) is 40.0 Å². The van der Waals surface area contributed by atoms with E-state index < -0.39 is 11.9 Å². The van der Waals surface area contributed by atoms with Crippen LogP contribution in [0.3, 0.4) is 0 Å². The molecule has 0 aromatic heterocycles. The van der Waals surface area contributed by atoms with Crippen LogP contribution in [-0.4, -0.2) is 17.0 Å². The maximum atomic E-state index is 12.3. The van der Waals surface area contributed by atoms with E-state index in [2.05, 4.69) is 12.2 Å². The van der Waals surface area contributed by atoms with Gasteiger partial charge in [-0.25, -0.2) is 0 Å². The largest absolute Gasteiger partial charge is 0.481 e. The minimum Gasteiger partial charge on any atom is -0.481 e. The third-order valence-electron chi connectivity index (χ3n) is 3.45. The number of carbonyl (C=O) groups is 2. The summed E-state index contributed by atoms with van der Waals surface area (Å²) in [5, 5.41) is 11.9. The molecule has 0 spiro atoms. The Bertz CT molecular complexity index is 585. The van der Waals surface area contributed by atoms with Crippen LogP contribution in [0.2, 0.25) is 0 Å². The summed E-state index contributed by atoms with van der Waals surface area (Å²) < 4.78 is 0. The summed E-state index contributed by atoms with van der Waals surface area (Å²) in [4.78, 5) is 23.3. The number of rotatable bonds is 8. The Morgan fingerprint density at radius 1 is 1.26 bits per heavy atom. The molecule has 1 atom stereocenters. The maximum absolute atomic E-state index is 12.3. The number of allylic oxidation sites excluding steroid dienone is 2. The average Bonchev–Trinajstić information content (AvgIpc) is 2.53. The first-order valence-electron chi connectivity index (χ1n) is 7.95. The van der Waals surface area contributed by atoms with Gasteiger partial charge in [-0.1, -0.05) is 43.7 Å². The average molecular weight is 315 g/mol. The second kappa shape index (κ2) is 9.62. The number of unbranched alkanes of at least 4 members (excludes halogenated alkanes) is 1. The van der Waals surface area contributed by atoms with E-state index in [0.29, 0.717) is 17.7 Å². The van der Waals surface area contributed by atoms with E-state index in [-0.39, 0.29) is 5.91 Å². The molecule has 124 valence electrons. The summed E-state index contributed by atoms with van der Waals surface area (Å²) in [5.41, 5.74) is 2.26. The fraction of sp³-hybridized carbons (Fsp3) is 0.368. The van der Waals surface area contributed by atoms with Gasteiger partial charge in [0.2, 0.25) is 0 Å². The number of hydrogen-bond acceptors (Lipinski definition) is 2. The van der Waals surface area contributed by atoms with Crippen molar-refractivity contribution in [1.82, 2.24) is 5.32 Å². The second-order valence-electron chi connectivity index (χ2n) is 5.50. The Hall–Kier alpha value is -2.36. The normalized spacial score (nSPS) is 13.1. The van der Waals surface area contributed by atoms with Crippen molar-refractivity contribution in [3.05, 3.63) is 53.2 Å². The molecule has 0 heterocycles. The van der Waals surface area contributed by atoms with Crippen LogP contribution in [0.5, 0.6) is 0 Å². The molecule has 0 radical (unpaired) electrons. The van der Waals surface area contributed by atoms with E-state index in [9.17, 15) is 9.59 Å². The monoisotopic (exact) mass is 315 g/mol. The standard InChI is InChI=1S/C19H25NO3/c1-4-6-8-17(13-14(3)19(22)23)20-18(21)16-11-9-15(7-5-2)10-12-16/h5,7,9-14H,4,6,8H2,1-3H3,(H,20,21)(H,22,23)/b7-5+,17-13?. The summed E-state index contributed by atoms with van der Waals surface area (Å²) in [7, 11) is 0. The summed E-state index contributed by atoms with van der Waals surface area (Å²) in [6, 6.07) is 7.29. The van der Waals surface area contributed by atoms with E-state index >= 15 is 0 Å². The quantitative estimate of drug-likeness (QED) is 0.754. The molecule has 0 aliphatic heterocycles. The zero-order valence-corrected chi connectivity index (χ0v) is 14.0. The predicted molar refractivity (Wildman–Crippen MR) is 93.0 cm³/mol. The molecule has 0 fully saturated rings. The van der Waals surface area contributed by atoms with Gasteiger partial charge in [0.25, 0.3) is 5.91 Å². The number of aliphatic carboxylic acids is 1. The topological polar surface area (TPSA) is 66.4 Å². The lowest BCUT2D eigenvalue weighted by atomic mass is 10.1. The van der Waals surface area contributed by atoms with E-state index in [1.165, 1.54) is 0 Å². The summed E-state index contributed by atoms with van der Waals surface area (Å²) in [5.74, 6) is -1.74. The molecule has 0 aliphatic rings. The first-order valence-corrected chi connectivity index (χ1v) is 7.95. The van der Waals surface area contributed by atoms with Gasteiger partial charge in [-0.15, -0.1) is 0 Å². The Morgan fingerprint density at radius 3 is 2.43 bits per heavy atom. The molecular weight excluding hydrogens is 290 g/mol. The Kier molecular flexibility index (Phi) is 7.81. The lowest BCUT2D eigenvalue weighted by Gasteiger charge is -2.11. The van der Waals surface area contributed by atoms with Crippen LogP contribution in [0.1, 0.15) is 56.0 Å². The van der Waals surface area contributed by atoms with Gasteiger partial charge in [0.05, 0.1) is 5.92 Å². The molecule has 0 bridgehead atoms. The van der Waals surface area contributed by atoms with Gasteiger partial charge in [-0.05, 0) is 44.4 Å². The molecule has 1 aromatic carbocycles. The minimum absolute atomic E-state index is 0.211. The van der Waals surface area contributed by atoms with Gasteiger partial charge in [0.15, 0.2) is 0 Å². The Balaban J connectivity index is 2.85. The number of carboxylic acid groups (broad SMARTS) is 1. The molecule has 1 aromatic rings. The number of benzene rings is 1. The minimum atomic E-state index is -0.899. The van der Waals surface area contributed by atoms with Crippen molar-refractivity contribution < 1.29 is 14.7 Å². The Labute approximate surface area is 137 Å². The highest BCUT2D eigenvalue weighted by atomic mass is 16.4. The Morgan fingerprint density at radius 2 is 1.91 bits per heavy atom. The van der Waals surface area contributed by atoms with Crippen molar-refractivity contribution in [3.8, 4) is 0 Å². The SMILES string of the molecule is C/C=C/c1ccc(C(=O)NC(=CC(C)C(=O)O)CCCC)cc1. The van der Waals surface area contributed by atoms with Crippen molar-refractivity contribution in [1.29, 1.82) is 0 Å². The lowest BCUT2D eigenvalue weighted by molar-refractivity contribution is -0.139. The van der Waals surface area contributed by atoms with Gasteiger partial charge in [-0.3, -0.25) is 9.59 Å². The van der Waals surface area contributed by atoms with E-state index in [1.807, 2.05) is 31.2 Å². The zero-order valence-electron chi connectivity index (χ0n) is 14.0. The molecular formula is C19H25NO3. The highest BCUT2D eigenvalue weighted by molar-refractivity contribution is 5.95. The fourth-order valence-electron chi connectivity index (χ4n) is 2.08. The molecule has 0 saturated carbocycles. The molecule has 0 saturated heterocycles. The van der Waals surface area contributed by atoms with Gasteiger partial charge in [0, 0.05) is 11.3 Å². The van der Waals surface area contributed by atoms with Gasteiger partial charge < -0.3 is 10.4 Å². The predicted octanol–water partition coefficient (Wildman–Crippen LogP) is 4.24. The number of hydrogen-bond donors (Lipinski definition) is 2. The van der Waals surface area contributed by atoms with E-state index in [1.54, 1.807) is 25.1 Å². The number of nitrogens with one attached hydrogen (secondary N) is 1. The molecule has 1 amide bonds. The summed E-state index contributed by atoms with van der Waals surface area (Å²) >= 11 is 0. The van der Waals surface area contributed by atoms with Crippen LogP contribution < -0.4 is 5.32 Å². The summed E-state index contributed by atoms with van der Waals surface area (Å²) in [6.07, 6.45) is 8.06. The third-order valence-corrected chi connectivity index (χ3v) is 3.45. The first-order chi connectivity index (χ1) is 11.0. The fourth-order valence-corrected chi connectivity index (χ4v) is 2.08. The van der Waals surface area contributed by atoms with E-state index in [0.717, 1.165) is 18.4 Å². The van der Waals surface area contributed by atoms with Crippen LogP contribution >= 0.6 is 0 Å². The van der Waals surface area contributed by atoms with Crippen molar-refractivity contribution in [3.63, 3.8) is 0 Å². The van der Waals surface area contributed by atoms with Crippen molar-refractivity contribution in [2.75, 3.05) is 0 Å². The highest BCUT2D eigenvalue weighted by Crippen LogP contribution is 2.12. The highest BCUT2D eigenvalue weighted by Gasteiger charge is 2.12. The molecule has 4 heteroatoms. The molecule has 2 N–H and O–H groups in total. The zero-order chi connectivity index (χ0) is 17.2. The van der Waals surface area contributed by atoms with Crippen molar-refractivity contribution in [2.24, 2.45) is 5.92 Å². The maximum Gasteiger partial charge on any atom is 0.310 e. The molecule has 0 aliphatic carbocycles. The van der Waals surface area contributed by atoms with Crippen molar-refractivity contribution >= 4 is 18.0 Å². The first kappa shape index (κ1) is 18.7. The molecule has 1 unspecified atom stereocenters. The van der Waals surface area contributed by atoms with Gasteiger partial charge >= 0.3 is 5.97 Å². The van der Waals surface area contributed by atoms with Crippen LogP contribution in [0.4, 0.5) is 0 Å². The molecule has 23 heavy (non-hydrogen) atoms. The van der Waals surface area contributed by atoms with Gasteiger partial charge in [-0.2, -0.15) is 0 Å². The lowest BCUT2D eigenvalue weighted by Crippen LogP contribution is -2.24.